The van der Waals surface area contributed by atoms with Crippen molar-refractivity contribution in [2.75, 3.05) is 13.1 Å². The molecule has 2 rings (SSSR count). The maximum absolute atomic E-state index is 10.4. The van der Waals surface area contributed by atoms with E-state index in [-0.39, 0.29) is 0 Å². The molecule has 1 fully saturated rings. The Morgan fingerprint density at radius 3 is 3.00 bits per heavy atom. The van der Waals surface area contributed by atoms with E-state index in [1.807, 2.05) is 17.0 Å². The fraction of sp³-hybridized carbons (Fsp3) is 0.300. The summed E-state index contributed by atoms with van der Waals surface area (Å²) in [4.78, 5) is 15.8. The van der Waals surface area contributed by atoms with Gasteiger partial charge in [-0.3, -0.25) is 15.1 Å². The molecule has 0 atom stereocenters. The van der Waals surface area contributed by atoms with Crippen LogP contribution in [0.3, 0.4) is 0 Å². The number of nitro groups is 1. The van der Waals surface area contributed by atoms with Crippen molar-refractivity contribution in [1.29, 1.82) is 0 Å². The largest absolute Gasteiger partial charge is 0.365 e. The lowest BCUT2D eigenvalue weighted by Crippen LogP contribution is -2.20. The minimum absolute atomic E-state index is 0.437. The second-order valence-electron chi connectivity index (χ2n) is 3.50. The van der Waals surface area contributed by atoms with Gasteiger partial charge in [-0.05, 0) is 17.7 Å². The molecule has 6 nitrogen and oxygen atoms in total. The molecule has 0 amide bonds. The molecule has 16 heavy (non-hydrogen) atoms. The molecule has 1 N–H and O–H groups in total. The number of pyridine rings is 1. The van der Waals surface area contributed by atoms with E-state index < -0.39 is 4.92 Å². The van der Waals surface area contributed by atoms with Crippen LogP contribution in [0.5, 0.6) is 0 Å². The Kier molecular flexibility index (Phi) is 3.00. The Hall–Kier alpha value is -2.11. The van der Waals surface area contributed by atoms with Crippen LogP contribution in [0.25, 0.3) is 0 Å². The minimum atomic E-state index is -0.437. The summed E-state index contributed by atoms with van der Waals surface area (Å²) in [5.74, 6) is 0.571. The number of rotatable bonds is 3. The van der Waals surface area contributed by atoms with Crippen LogP contribution in [-0.2, 0) is 6.54 Å². The maximum atomic E-state index is 10.4. The smallest absolute Gasteiger partial charge is 0.274 e. The van der Waals surface area contributed by atoms with Crippen molar-refractivity contribution in [3.8, 4) is 0 Å². The van der Waals surface area contributed by atoms with E-state index in [1.54, 1.807) is 12.4 Å². The predicted octanol–water partition coefficient (Wildman–Crippen LogP) is 0.562. The van der Waals surface area contributed by atoms with E-state index in [4.69, 9.17) is 0 Å². The lowest BCUT2D eigenvalue weighted by molar-refractivity contribution is -0.404. The number of hydrogen-bond acceptors (Lipinski definition) is 5. The van der Waals surface area contributed by atoms with Crippen LogP contribution in [-0.4, -0.2) is 27.9 Å². The SMILES string of the molecule is O=[N+]([O-])C=C1NCCN1Cc1ccncc1. The van der Waals surface area contributed by atoms with Gasteiger partial charge in [-0.1, -0.05) is 0 Å². The Morgan fingerprint density at radius 1 is 1.56 bits per heavy atom. The Morgan fingerprint density at radius 2 is 2.31 bits per heavy atom. The van der Waals surface area contributed by atoms with Gasteiger partial charge >= 0.3 is 0 Å². The van der Waals surface area contributed by atoms with Crippen molar-refractivity contribution in [2.24, 2.45) is 0 Å². The topological polar surface area (TPSA) is 71.3 Å². The van der Waals surface area contributed by atoms with Gasteiger partial charge < -0.3 is 10.2 Å². The molecular weight excluding hydrogens is 208 g/mol. The highest BCUT2D eigenvalue weighted by molar-refractivity contribution is 5.12. The lowest BCUT2D eigenvalue weighted by Gasteiger charge is -2.16. The van der Waals surface area contributed by atoms with Crippen molar-refractivity contribution in [1.82, 2.24) is 15.2 Å². The lowest BCUT2D eigenvalue weighted by atomic mass is 10.2. The van der Waals surface area contributed by atoms with E-state index in [0.29, 0.717) is 12.4 Å². The van der Waals surface area contributed by atoms with Crippen LogP contribution >= 0.6 is 0 Å². The molecule has 1 aliphatic heterocycles. The molecule has 0 aromatic carbocycles. The summed E-state index contributed by atoms with van der Waals surface area (Å²) in [6, 6.07) is 3.81. The molecule has 0 spiro atoms. The first kappa shape index (κ1) is 10.4. The molecule has 84 valence electrons. The summed E-state index contributed by atoms with van der Waals surface area (Å²) in [7, 11) is 0. The van der Waals surface area contributed by atoms with Crippen LogP contribution in [0, 0.1) is 10.1 Å². The van der Waals surface area contributed by atoms with Crippen LogP contribution < -0.4 is 5.32 Å². The van der Waals surface area contributed by atoms with Crippen molar-refractivity contribution in [3.63, 3.8) is 0 Å². The summed E-state index contributed by atoms with van der Waals surface area (Å²) >= 11 is 0. The molecular formula is C10H12N4O2. The van der Waals surface area contributed by atoms with E-state index in [1.165, 1.54) is 0 Å². The number of aromatic nitrogens is 1. The second-order valence-corrected chi connectivity index (χ2v) is 3.50. The monoisotopic (exact) mass is 220 g/mol. The zero-order valence-electron chi connectivity index (χ0n) is 8.67. The molecule has 1 aromatic heterocycles. The third-order valence-corrected chi connectivity index (χ3v) is 2.38. The van der Waals surface area contributed by atoms with Crippen molar-refractivity contribution < 1.29 is 4.92 Å². The molecule has 1 aromatic rings. The summed E-state index contributed by atoms with van der Waals surface area (Å²) in [6.07, 6.45) is 4.44. The third kappa shape index (κ3) is 2.47. The Labute approximate surface area is 92.7 Å². The fourth-order valence-electron chi connectivity index (χ4n) is 1.65. The van der Waals surface area contributed by atoms with Crippen molar-refractivity contribution in [2.45, 2.75) is 6.54 Å². The van der Waals surface area contributed by atoms with Gasteiger partial charge in [0.25, 0.3) is 6.20 Å². The first-order chi connectivity index (χ1) is 7.75. The van der Waals surface area contributed by atoms with Crippen LogP contribution in [0.1, 0.15) is 5.56 Å². The van der Waals surface area contributed by atoms with Gasteiger partial charge in [-0.15, -0.1) is 0 Å². The molecule has 6 heteroatoms. The van der Waals surface area contributed by atoms with Gasteiger partial charge in [-0.25, -0.2) is 0 Å². The van der Waals surface area contributed by atoms with Gasteiger partial charge in [-0.2, -0.15) is 0 Å². The first-order valence-electron chi connectivity index (χ1n) is 4.99. The van der Waals surface area contributed by atoms with Gasteiger partial charge in [0.15, 0.2) is 5.82 Å². The summed E-state index contributed by atoms with van der Waals surface area (Å²) in [5.41, 5.74) is 1.09. The van der Waals surface area contributed by atoms with Crippen LogP contribution in [0.2, 0.25) is 0 Å². The van der Waals surface area contributed by atoms with Gasteiger partial charge in [0.1, 0.15) is 0 Å². The number of nitrogens with zero attached hydrogens (tertiary/aromatic N) is 3. The zero-order valence-corrected chi connectivity index (χ0v) is 8.67. The van der Waals surface area contributed by atoms with E-state index in [2.05, 4.69) is 10.3 Å². The first-order valence-corrected chi connectivity index (χ1v) is 4.99. The minimum Gasteiger partial charge on any atom is -0.365 e. The zero-order chi connectivity index (χ0) is 11.4. The summed E-state index contributed by atoms with van der Waals surface area (Å²) in [5, 5.41) is 13.4. The quantitative estimate of drug-likeness (QED) is 0.595. The Balaban J connectivity index is 2.07. The molecule has 0 radical (unpaired) electrons. The molecule has 0 aliphatic carbocycles. The highest BCUT2D eigenvalue weighted by Crippen LogP contribution is 2.12. The standard InChI is InChI=1S/C10H12N4O2/c15-14(16)8-10-12-5-6-13(10)7-9-1-3-11-4-2-9/h1-4,8,12H,5-7H2. The predicted molar refractivity (Wildman–Crippen MR) is 57.7 cm³/mol. The van der Waals surface area contributed by atoms with E-state index >= 15 is 0 Å². The van der Waals surface area contributed by atoms with Crippen molar-refractivity contribution >= 4 is 0 Å². The average Bonchev–Trinajstić information content (AvgIpc) is 2.66. The molecule has 1 saturated heterocycles. The summed E-state index contributed by atoms with van der Waals surface area (Å²) < 4.78 is 0. The van der Waals surface area contributed by atoms with E-state index in [0.717, 1.165) is 24.9 Å². The number of hydrogen-bond donors (Lipinski definition) is 1. The third-order valence-electron chi connectivity index (χ3n) is 2.38. The Bertz CT molecular complexity index is 405. The molecule has 1 aliphatic rings. The molecule has 0 bridgehead atoms. The van der Waals surface area contributed by atoms with Gasteiger partial charge in [0, 0.05) is 32.0 Å². The maximum Gasteiger partial charge on any atom is 0.274 e. The second kappa shape index (κ2) is 4.61. The fourth-order valence-corrected chi connectivity index (χ4v) is 1.65. The molecule has 0 saturated carbocycles. The number of nitrogens with one attached hydrogen (secondary N) is 1. The summed E-state index contributed by atoms with van der Waals surface area (Å²) in [6.45, 7) is 2.18. The normalized spacial score (nSPS) is 17.5. The van der Waals surface area contributed by atoms with Gasteiger partial charge in [0.05, 0.1) is 4.92 Å². The van der Waals surface area contributed by atoms with Gasteiger partial charge in [0.2, 0.25) is 0 Å². The van der Waals surface area contributed by atoms with E-state index in [9.17, 15) is 10.1 Å². The average molecular weight is 220 g/mol. The van der Waals surface area contributed by atoms with Crippen LogP contribution in [0.4, 0.5) is 0 Å². The highest BCUT2D eigenvalue weighted by atomic mass is 16.6. The van der Waals surface area contributed by atoms with Crippen molar-refractivity contribution in [3.05, 3.63) is 52.2 Å². The van der Waals surface area contributed by atoms with Crippen LogP contribution in [0.15, 0.2) is 36.5 Å². The molecule has 0 unspecified atom stereocenters. The highest BCUT2D eigenvalue weighted by Gasteiger charge is 2.19. The molecule has 2 heterocycles.